The maximum atomic E-state index is 11.9. The summed E-state index contributed by atoms with van der Waals surface area (Å²) >= 11 is 17.3. The van der Waals surface area contributed by atoms with Gasteiger partial charge in [0.1, 0.15) is 11.6 Å². The Kier molecular flexibility index (Phi) is 4.15. The van der Waals surface area contributed by atoms with Gasteiger partial charge in [-0.3, -0.25) is 4.79 Å². The number of halogens is 3. The molecule has 0 spiro atoms. The highest BCUT2D eigenvalue weighted by Crippen LogP contribution is 2.20. The van der Waals surface area contributed by atoms with Gasteiger partial charge in [-0.2, -0.15) is 5.10 Å². The topological polar surface area (TPSA) is 73.8 Å². The van der Waals surface area contributed by atoms with Crippen molar-refractivity contribution in [2.24, 2.45) is 0 Å². The average Bonchev–Trinajstić information content (AvgIpc) is 2.97. The summed E-state index contributed by atoms with van der Waals surface area (Å²) in [6.45, 7) is -0.00366. The van der Waals surface area contributed by atoms with E-state index >= 15 is 0 Å². The van der Waals surface area contributed by atoms with E-state index in [0.29, 0.717) is 10.9 Å². The van der Waals surface area contributed by atoms with Gasteiger partial charge >= 0.3 is 0 Å². The number of nitrogens with zero attached hydrogens (tertiary/aromatic N) is 4. The fourth-order valence-electron chi connectivity index (χ4n) is 1.71. The second-order valence-corrected chi connectivity index (χ2v) is 5.50. The molecule has 0 fully saturated rings. The molecule has 0 saturated carbocycles. The first-order valence-electron chi connectivity index (χ1n) is 6.04. The van der Waals surface area contributed by atoms with Gasteiger partial charge in [0.2, 0.25) is 11.8 Å². The molecule has 9 heteroatoms. The average molecular weight is 358 g/mol. The standard InChI is InChI=1S/C13H7Cl3N4O2/c14-8-3-1-7(2-4-8)12-19-18-10(22-12)6-20-13(21)11(16)9(15)5-17-20/h1-5H,6H2. The Morgan fingerprint density at radius 3 is 2.55 bits per heavy atom. The van der Waals surface area contributed by atoms with E-state index in [-0.39, 0.29) is 22.5 Å². The Balaban J connectivity index is 1.87. The maximum absolute atomic E-state index is 11.9. The molecule has 3 aromatic rings. The van der Waals surface area contributed by atoms with E-state index in [0.717, 1.165) is 10.2 Å². The maximum Gasteiger partial charge on any atom is 0.287 e. The summed E-state index contributed by atoms with van der Waals surface area (Å²) in [4.78, 5) is 11.9. The number of aromatic nitrogens is 4. The van der Waals surface area contributed by atoms with Crippen molar-refractivity contribution in [1.82, 2.24) is 20.0 Å². The molecule has 0 aliphatic rings. The number of hydrogen-bond acceptors (Lipinski definition) is 5. The summed E-state index contributed by atoms with van der Waals surface area (Å²) in [6.07, 6.45) is 1.28. The molecule has 0 radical (unpaired) electrons. The Morgan fingerprint density at radius 2 is 1.82 bits per heavy atom. The van der Waals surface area contributed by atoms with E-state index < -0.39 is 5.56 Å². The van der Waals surface area contributed by atoms with Gasteiger partial charge in [-0.05, 0) is 24.3 Å². The minimum atomic E-state index is -0.527. The van der Waals surface area contributed by atoms with Gasteiger partial charge in [0.25, 0.3) is 5.56 Å². The highest BCUT2D eigenvalue weighted by Gasteiger charge is 2.12. The first-order valence-corrected chi connectivity index (χ1v) is 7.17. The Bertz CT molecular complexity index is 874. The van der Waals surface area contributed by atoms with Crippen LogP contribution in [0.4, 0.5) is 0 Å². The fourth-order valence-corrected chi connectivity index (χ4v) is 2.11. The molecule has 0 unspecified atom stereocenters. The van der Waals surface area contributed by atoms with Gasteiger partial charge in [-0.1, -0.05) is 34.8 Å². The Hall–Kier alpha value is -1.89. The summed E-state index contributed by atoms with van der Waals surface area (Å²) in [6, 6.07) is 6.93. The zero-order chi connectivity index (χ0) is 15.7. The monoisotopic (exact) mass is 356 g/mol. The molecule has 2 aromatic heterocycles. The van der Waals surface area contributed by atoms with Crippen molar-refractivity contribution in [3.8, 4) is 11.5 Å². The lowest BCUT2D eigenvalue weighted by atomic mass is 10.2. The Labute approximate surface area is 139 Å². The van der Waals surface area contributed by atoms with Crippen LogP contribution in [0.3, 0.4) is 0 Å². The number of hydrogen-bond donors (Lipinski definition) is 0. The zero-order valence-electron chi connectivity index (χ0n) is 10.8. The van der Waals surface area contributed by atoms with Gasteiger partial charge in [-0.15, -0.1) is 10.2 Å². The van der Waals surface area contributed by atoms with E-state index in [4.69, 9.17) is 39.2 Å². The van der Waals surface area contributed by atoms with Crippen LogP contribution in [0.25, 0.3) is 11.5 Å². The van der Waals surface area contributed by atoms with E-state index in [1.54, 1.807) is 24.3 Å². The van der Waals surface area contributed by atoms with Crippen LogP contribution in [0.15, 0.2) is 39.7 Å². The zero-order valence-corrected chi connectivity index (χ0v) is 13.1. The van der Waals surface area contributed by atoms with Crippen molar-refractivity contribution in [2.45, 2.75) is 6.54 Å². The first-order chi connectivity index (χ1) is 10.5. The largest absolute Gasteiger partial charge is 0.419 e. The van der Waals surface area contributed by atoms with Gasteiger partial charge in [0.05, 0.1) is 11.2 Å². The van der Waals surface area contributed by atoms with Gasteiger partial charge < -0.3 is 4.42 Å². The summed E-state index contributed by atoms with van der Waals surface area (Å²) in [5, 5.41) is 12.3. The second kappa shape index (κ2) is 6.08. The van der Waals surface area contributed by atoms with Gasteiger partial charge in [0, 0.05) is 10.6 Å². The van der Waals surface area contributed by atoms with Gasteiger partial charge in [0.15, 0.2) is 0 Å². The molecule has 22 heavy (non-hydrogen) atoms. The molecule has 6 nitrogen and oxygen atoms in total. The van der Waals surface area contributed by atoms with Crippen molar-refractivity contribution in [3.63, 3.8) is 0 Å². The van der Waals surface area contributed by atoms with Crippen LogP contribution < -0.4 is 5.56 Å². The molecule has 0 saturated heterocycles. The van der Waals surface area contributed by atoms with E-state index in [2.05, 4.69) is 15.3 Å². The van der Waals surface area contributed by atoms with Gasteiger partial charge in [-0.25, -0.2) is 4.68 Å². The lowest BCUT2D eigenvalue weighted by molar-refractivity contribution is 0.465. The highest BCUT2D eigenvalue weighted by atomic mass is 35.5. The molecule has 3 rings (SSSR count). The van der Waals surface area contributed by atoms with Crippen LogP contribution in [-0.4, -0.2) is 20.0 Å². The molecular formula is C13H7Cl3N4O2. The summed E-state index contributed by atoms with van der Waals surface area (Å²) in [7, 11) is 0. The molecule has 0 bridgehead atoms. The van der Waals surface area contributed by atoms with Crippen LogP contribution in [-0.2, 0) is 6.54 Å². The second-order valence-electron chi connectivity index (χ2n) is 4.28. The molecule has 0 N–H and O–H groups in total. The molecule has 112 valence electrons. The van der Waals surface area contributed by atoms with Crippen molar-refractivity contribution in [2.75, 3.05) is 0 Å². The normalized spacial score (nSPS) is 10.9. The van der Waals surface area contributed by atoms with Crippen molar-refractivity contribution < 1.29 is 4.42 Å². The predicted molar refractivity (Wildman–Crippen MR) is 82.4 cm³/mol. The molecule has 0 aliphatic carbocycles. The molecule has 0 amide bonds. The van der Waals surface area contributed by atoms with Crippen molar-refractivity contribution in [1.29, 1.82) is 0 Å². The molecule has 0 atom stereocenters. The number of rotatable bonds is 3. The lowest BCUT2D eigenvalue weighted by Crippen LogP contribution is -2.23. The molecular weight excluding hydrogens is 351 g/mol. The van der Waals surface area contributed by atoms with Crippen molar-refractivity contribution in [3.05, 3.63) is 61.8 Å². The fraction of sp³-hybridized carbons (Fsp3) is 0.0769. The van der Waals surface area contributed by atoms with Crippen molar-refractivity contribution >= 4 is 34.8 Å². The third kappa shape index (κ3) is 2.99. The van der Waals surface area contributed by atoms with Crippen LogP contribution >= 0.6 is 34.8 Å². The van der Waals surface area contributed by atoms with E-state index in [1.165, 1.54) is 6.20 Å². The Morgan fingerprint density at radius 1 is 1.09 bits per heavy atom. The number of benzene rings is 1. The smallest absolute Gasteiger partial charge is 0.287 e. The summed E-state index contributed by atoms with van der Waals surface area (Å²) < 4.78 is 6.59. The third-order valence-electron chi connectivity index (χ3n) is 2.79. The molecule has 1 aromatic carbocycles. The van der Waals surface area contributed by atoms with Crippen LogP contribution in [0.5, 0.6) is 0 Å². The SMILES string of the molecule is O=c1c(Cl)c(Cl)cnn1Cc1nnc(-c2ccc(Cl)cc2)o1. The third-order valence-corrected chi connectivity index (χ3v) is 3.79. The van der Waals surface area contributed by atoms with Crippen LogP contribution in [0, 0.1) is 0 Å². The van der Waals surface area contributed by atoms with E-state index in [9.17, 15) is 4.79 Å². The van der Waals surface area contributed by atoms with Crippen LogP contribution in [0.2, 0.25) is 15.1 Å². The predicted octanol–water partition coefficient (Wildman–Crippen LogP) is 3.30. The van der Waals surface area contributed by atoms with Crippen LogP contribution in [0.1, 0.15) is 5.89 Å². The summed E-state index contributed by atoms with van der Waals surface area (Å²) in [5.41, 5.74) is 0.193. The summed E-state index contributed by atoms with van der Waals surface area (Å²) in [5.74, 6) is 0.540. The van der Waals surface area contributed by atoms with E-state index in [1.807, 2.05) is 0 Å². The lowest BCUT2D eigenvalue weighted by Gasteiger charge is -2.01. The minimum Gasteiger partial charge on any atom is -0.419 e. The highest BCUT2D eigenvalue weighted by molar-refractivity contribution is 6.41. The molecule has 0 aliphatic heterocycles. The quantitative estimate of drug-likeness (QED) is 0.719. The molecule has 2 heterocycles. The first kappa shape index (κ1) is 15.0. The minimum absolute atomic E-state index is 0.00366.